The predicted octanol–water partition coefficient (Wildman–Crippen LogP) is 18.9. The van der Waals surface area contributed by atoms with Gasteiger partial charge in [0.2, 0.25) is 0 Å². The fourth-order valence-electron chi connectivity index (χ4n) is 13.7. The minimum absolute atomic E-state index is 0.942. The van der Waals surface area contributed by atoms with Crippen molar-refractivity contribution in [3.8, 4) is 0 Å². The molecule has 4 fully saturated rings. The Morgan fingerprint density at radius 3 is 0.772 bits per heavy atom. The molecule has 336 valence electrons. The van der Waals surface area contributed by atoms with E-state index in [4.69, 9.17) is 4.74 Å². The van der Waals surface area contributed by atoms with Crippen molar-refractivity contribution in [1.82, 2.24) is 0 Å². The molecule has 2 unspecified atom stereocenters. The predicted molar refractivity (Wildman–Crippen MR) is 253 cm³/mol. The summed E-state index contributed by atoms with van der Waals surface area (Å²) in [7, 11) is 0. The zero-order chi connectivity index (χ0) is 40.2. The number of ether oxygens (including phenoxy) is 1. The fourth-order valence-corrected chi connectivity index (χ4v) is 13.7. The van der Waals surface area contributed by atoms with Crippen LogP contribution in [-0.2, 0) is 4.74 Å². The maximum Gasteiger partial charge on any atom is 0.0468 e. The molecule has 0 aromatic carbocycles. The minimum atomic E-state index is 0.942. The first kappa shape index (κ1) is 49.6. The molecule has 4 aliphatic rings. The normalized spacial score (nSPS) is 29.7. The summed E-state index contributed by atoms with van der Waals surface area (Å²) >= 11 is 0. The monoisotopic (exact) mass is 795 g/mol. The van der Waals surface area contributed by atoms with Gasteiger partial charge >= 0.3 is 0 Å². The number of hydrogen-bond acceptors (Lipinski definition) is 1. The van der Waals surface area contributed by atoms with Crippen LogP contribution in [0.15, 0.2) is 0 Å². The van der Waals surface area contributed by atoms with E-state index in [9.17, 15) is 0 Å². The Balaban J connectivity index is 1.26. The zero-order valence-corrected chi connectivity index (χ0v) is 39.9. The van der Waals surface area contributed by atoms with Gasteiger partial charge in [0.15, 0.2) is 0 Å². The van der Waals surface area contributed by atoms with Gasteiger partial charge in [0.1, 0.15) is 0 Å². The summed E-state index contributed by atoms with van der Waals surface area (Å²) in [6.45, 7) is 11.5. The van der Waals surface area contributed by atoms with Gasteiger partial charge in [-0.05, 0) is 123 Å². The van der Waals surface area contributed by atoms with E-state index in [-0.39, 0.29) is 0 Å². The third-order valence-corrected chi connectivity index (χ3v) is 17.5. The van der Waals surface area contributed by atoms with E-state index in [1.807, 2.05) is 0 Å². The van der Waals surface area contributed by atoms with Crippen molar-refractivity contribution in [1.29, 1.82) is 0 Å². The molecule has 2 atom stereocenters. The Morgan fingerprint density at radius 1 is 0.298 bits per heavy atom. The Morgan fingerprint density at radius 2 is 0.526 bits per heavy atom. The summed E-state index contributed by atoms with van der Waals surface area (Å²) in [5.41, 5.74) is 0. The molecule has 0 aromatic heterocycles. The van der Waals surface area contributed by atoms with Gasteiger partial charge in [-0.2, -0.15) is 0 Å². The lowest BCUT2D eigenvalue weighted by atomic mass is 9.65. The molecular formula is C56H106O. The molecule has 0 bridgehead atoms. The van der Waals surface area contributed by atoms with Gasteiger partial charge in [0.25, 0.3) is 0 Å². The summed E-state index contributed by atoms with van der Waals surface area (Å²) in [5, 5.41) is 0. The van der Waals surface area contributed by atoms with Crippen molar-refractivity contribution >= 4 is 0 Å². The molecule has 1 heteroatoms. The van der Waals surface area contributed by atoms with Crippen LogP contribution < -0.4 is 0 Å². The van der Waals surface area contributed by atoms with Crippen LogP contribution in [-0.4, -0.2) is 13.2 Å². The van der Waals surface area contributed by atoms with Crippen molar-refractivity contribution in [2.75, 3.05) is 13.2 Å². The van der Waals surface area contributed by atoms with Crippen LogP contribution in [0.25, 0.3) is 0 Å². The molecule has 0 amide bonds. The Hall–Kier alpha value is -0.0400. The second-order valence-corrected chi connectivity index (χ2v) is 21.7. The highest BCUT2D eigenvalue weighted by Gasteiger charge is 2.36. The van der Waals surface area contributed by atoms with E-state index >= 15 is 0 Å². The topological polar surface area (TPSA) is 9.23 Å². The summed E-state index contributed by atoms with van der Waals surface area (Å²) in [4.78, 5) is 0. The Bertz CT molecular complexity index is 807. The molecule has 4 saturated carbocycles. The van der Waals surface area contributed by atoms with E-state index in [2.05, 4.69) is 27.7 Å². The Labute approximate surface area is 360 Å². The van der Waals surface area contributed by atoms with Crippen LogP contribution in [0.4, 0.5) is 0 Å². The largest absolute Gasteiger partial charge is 0.381 e. The SMILES string of the molecule is CCCCCCC[C@H]1CC[C@H](C(CCOCCC([C@H]2CC[C@H](CCCCCC)CC2)[C@H]2CC[C@H](CCCCCCC)CC2)[C@H]2CC[C@H](CCCCCC)CC2)CC1. The van der Waals surface area contributed by atoms with Crippen LogP contribution in [0.2, 0.25) is 0 Å². The van der Waals surface area contributed by atoms with Crippen molar-refractivity contribution in [3.63, 3.8) is 0 Å². The van der Waals surface area contributed by atoms with E-state index in [0.717, 1.165) is 72.4 Å². The van der Waals surface area contributed by atoms with Crippen molar-refractivity contribution in [3.05, 3.63) is 0 Å². The van der Waals surface area contributed by atoms with Crippen molar-refractivity contribution in [2.45, 2.75) is 285 Å². The number of hydrogen-bond donors (Lipinski definition) is 0. The first-order valence-electron chi connectivity index (χ1n) is 27.7. The molecule has 0 aliphatic heterocycles. The second-order valence-electron chi connectivity index (χ2n) is 21.7. The number of rotatable bonds is 32. The van der Waals surface area contributed by atoms with Gasteiger partial charge in [0, 0.05) is 13.2 Å². The van der Waals surface area contributed by atoms with Crippen LogP contribution >= 0.6 is 0 Å². The Kier molecular flexibility index (Phi) is 27.6. The van der Waals surface area contributed by atoms with E-state index in [0.29, 0.717) is 0 Å². The molecule has 0 heterocycles. The van der Waals surface area contributed by atoms with Crippen LogP contribution in [0.5, 0.6) is 0 Å². The fraction of sp³-hybridized carbons (Fsp3) is 1.00. The third-order valence-electron chi connectivity index (χ3n) is 17.5. The number of unbranched alkanes of at least 4 members (excludes halogenated alkanes) is 14. The maximum absolute atomic E-state index is 6.87. The standard InChI is InChI=1S/C56H106O/c1-5-9-13-17-21-25-49-31-39-53(40-32-49)55(51-35-27-47(28-36-51)23-19-15-11-7-3)43-45-57-46-44-56(52-37-29-48(30-38-52)24-20-16-12-8-4)54-41-33-50(34-42-54)26-22-18-14-10-6-2/h47-56H,5-46H2,1-4H3/t47-,48-,49-,50-,51-,52-,53-,54-,55?,56?. The molecule has 0 radical (unpaired) electrons. The lowest BCUT2D eigenvalue weighted by Crippen LogP contribution is -2.32. The first-order chi connectivity index (χ1) is 28.1. The van der Waals surface area contributed by atoms with Crippen molar-refractivity contribution < 1.29 is 4.74 Å². The van der Waals surface area contributed by atoms with Crippen LogP contribution in [0.1, 0.15) is 285 Å². The van der Waals surface area contributed by atoms with Crippen LogP contribution in [0, 0.1) is 59.2 Å². The lowest BCUT2D eigenvalue weighted by molar-refractivity contribution is 0.0366. The van der Waals surface area contributed by atoms with E-state index in [1.165, 1.54) is 257 Å². The molecule has 1 nitrogen and oxygen atoms in total. The summed E-state index contributed by atoms with van der Waals surface area (Å²) in [5.74, 6) is 9.98. The third kappa shape index (κ3) is 20.1. The van der Waals surface area contributed by atoms with E-state index < -0.39 is 0 Å². The van der Waals surface area contributed by atoms with Crippen LogP contribution in [0.3, 0.4) is 0 Å². The summed E-state index contributed by atoms with van der Waals surface area (Å²) in [6.07, 6.45) is 59.5. The van der Waals surface area contributed by atoms with Gasteiger partial charge < -0.3 is 4.74 Å². The highest BCUT2D eigenvalue weighted by atomic mass is 16.5. The lowest BCUT2D eigenvalue weighted by Gasteiger charge is -2.41. The summed E-state index contributed by atoms with van der Waals surface area (Å²) in [6, 6.07) is 0. The average Bonchev–Trinajstić information content (AvgIpc) is 3.25. The van der Waals surface area contributed by atoms with Gasteiger partial charge in [-0.3, -0.25) is 0 Å². The highest BCUT2D eigenvalue weighted by molar-refractivity contribution is 4.87. The van der Waals surface area contributed by atoms with Gasteiger partial charge in [-0.1, -0.05) is 220 Å². The molecule has 0 spiro atoms. The minimum Gasteiger partial charge on any atom is -0.381 e. The smallest absolute Gasteiger partial charge is 0.0468 e. The molecule has 4 aliphatic carbocycles. The molecule has 0 N–H and O–H groups in total. The van der Waals surface area contributed by atoms with Gasteiger partial charge in [-0.25, -0.2) is 0 Å². The van der Waals surface area contributed by atoms with Crippen molar-refractivity contribution in [2.24, 2.45) is 59.2 Å². The van der Waals surface area contributed by atoms with Gasteiger partial charge in [0.05, 0.1) is 0 Å². The second kappa shape index (κ2) is 31.8. The molecule has 0 saturated heterocycles. The maximum atomic E-state index is 6.87. The molecular weight excluding hydrogens is 689 g/mol. The highest BCUT2D eigenvalue weighted by Crippen LogP contribution is 2.47. The van der Waals surface area contributed by atoms with Gasteiger partial charge in [-0.15, -0.1) is 0 Å². The average molecular weight is 795 g/mol. The zero-order valence-electron chi connectivity index (χ0n) is 39.9. The summed E-state index contributed by atoms with van der Waals surface area (Å²) < 4.78 is 6.87. The molecule has 57 heavy (non-hydrogen) atoms. The molecule has 4 rings (SSSR count). The molecule has 0 aromatic rings. The first-order valence-corrected chi connectivity index (χ1v) is 27.7. The quantitative estimate of drug-likeness (QED) is 0.0616. The van der Waals surface area contributed by atoms with E-state index in [1.54, 1.807) is 0 Å².